The lowest BCUT2D eigenvalue weighted by Crippen LogP contribution is -2.17. The summed E-state index contributed by atoms with van der Waals surface area (Å²) in [5, 5.41) is 7.62. The maximum absolute atomic E-state index is 13.1. The first kappa shape index (κ1) is 20.2. The van der Waals surface area contributed by atoms with Crippen molar-refractivity contribution in [2.75, 3.05) is 5.32 Å². The van der Waals surface area contributed by atoms with E-state index in [0.29, 0.717) is 10.8 Å². The first-order valence-electron chi connectivity index (χ1n) is 9.81. The number of hydrogen-bond acceptors (Lipinski definition) is 4. The van der Waals surface area contributed by atoms with Gasteiger partial charge in [-0.25, -0.2) is 4.98 Å². The van der Waals surface area contributed by atoms with Gasteiger partial charge >= 0.3 is 0 Å². The number of aryl methyl sites for hydroxylation is 2. The van der Waals surface area contributed by atoms with Gasteiger partial charge in [-0.1, -0.05) is 58.4 Å². The zero-order chi connectivity index (χ0) is 21.2. The molecular formula is C24H18BrN3OS2. The first-order valence-corrected chi connectivity index (χ1v) is 12.4. The molecule has 0 aliphatic carbocycles. The van der Waals surface area contributed by atoms with Crippen LogP contribution in [0.1, 0.15) is 16.1 Å². The molecule has 0 aliphatic rings. The summed E-state index contributed by atoms with van der Waals surface area (Å²) < 4.78 is 4.25. The number of aromatic nitrogens is 2. The van der Waals surface area contributed by atoms with Gasteiger partial charge < -0.3 is 4.57 Å². The molecule has 154 valence electrons. The molecule has 4 nitrogen and oxygen atoms in total. The number of benzene rings is 2. The van der Waals surface area contributed by atoms with E-state index in [0.717, 1.165) is 38.9 Å². The molecule has 5 aromatic rings. The maximum Gasteiger partial charge on any atom is 0.274 e. The van der Waals surface area contributed by atoms with Crippen LogP contribution in [0.25, 0.3) is 21.5 Å². The number of hydrogen-bond donors (Lipinski definition) is 1. The lowest BCUT2D eigenvalue weighted by molar-refractivity contribution is 0.101. The fourth-order valence-corrected chi connectivity index (χ4v) is 5.34. The highest BCUT2D eigenvalue weighted by Crippen LogP contribution is 2.29. The average molecular weight is 508 g/mol. The Morgan fingerprint density at radius 2 is 1.84 bits per heavy atom. The highest BCUT2D eigenvalue weighted by atomic mass is 79.9. The molecule has 7 heteroatoms. The molecule has 0 spiro atoms. The fourth-order valence-electron chi connectivity index (χ4n) is 3.54. The third kappa shape index (κ3) is 4.35. The average Bonchev–Trinajstić information content (AvgIpc) is 3.50. The third-order valence-electron chi connectivity index (χ3n) is 5.09. The van der Waals surface area contributed by atoms with Crippen LogP contribution in [-0.2, 0) is 13.0 Å². The van der Waals surface area contributed by atoms with Crippen LogP contribution in [0.2, 0.25) is 0 Å². The lowest BCUT2D eigenvalue weighted by atomic mass is 10.1. The summed E-state index contributed by atoms with van der Waals surface area (Å²) in [7, 11) is 0. The summed E-state index contributed by atoms with van der Waals surface area (Å²) >= 11 is 6.54. The molecule has 0 radical (unpaired) electrons. The first-order chi connectivity index (χ1) is 15.2. The monoisotopic (exact) mass is 507 g/mol. The van der Waals surface area contributed by atoms with E-state index in [-0.39, 0.29) is 5.91 Å². The summed E-state index contributed by atoms with van der Waals surface area (Å²) in [6.07, 6.45) is 0.867. The van der Waals surface area contributed by atoms with Gasteiger partial charge in [0.05, 0.1) is 15.9 Å². The summed E-state index contributed by atoms with van der Waals surface area (Å²) in [5.74, 6) is -0.131. The predicted octanol–water partition coefficient (Wildman–Crippen LogP) is 7.08. The van der Waals surface area contributed by atoms with E-state index in [2.05, 4.69) is 54.4 Å². The molecule has 3 heterocycles. The van der Waals surface area contributed by atoms with Gasteiger partial charge in [0.15, 0.2) is 5.13 Å². The van der Waals surface area contributed by atoms with Crippen molar-refractivity contribution in [3.05, 3.63) is 93.2 Å². The van der Waals surface area contributed by atoms with Gasteiger partial charge in [-0.05, 0) is 41.6 Å². The Kier molecular flexibility index (Phi) is 5.72. The molecule has 0 saturated heterocycles. The Bertz CT molecular complexity index is 1340. The summed E-state index contributed by atoms with van der Waals surface area (Å²) in [6, 6.07) is 22.4. The van der Waals surface area contributed by atoms with Gasteiger partial charge in [0.25, 0.3) is 5.91 Å². The van der Waals surface area contributed by atoms with Crippen LogP contribution in [0.3, 0.4) is 0 Å². The van der Waals surface area contributed by atoms with E-state index in [1.54, 1.807) is 11.3 Å². The molecule has 0 saturated carbocycles. The van der Waals surface area contributed by atoms with E-state index in [1.165, 1.54) is 16.9 Å². The Morgan fingerprint density at radius 3 is 2.65 bits per heavy atom. The molecule has 0 atom stereocenters. The van der Waals surface area contributed by atoms with Crippen LogP contribution in [-0.4, -0.2) is 15.5 Å². The lowest BCUT2D eigenvalue weighted by Gasteiger charge is -2.10. The van der Waals surface area contributed by atoms with Crippen molar-refractivity contribution in [2.45, 2.75) is 13.0 Å². The number of thiophene rings is 1. The van der Waals surface area contributed by atoms with E-state index < -0.39 is 0 Å². The minimum absolute atomic E-state index is 0.131. The van der Waals surface area contributed by atoms with Gasteiger partial charge in [0, 0.05) is 22.0 Å². The predicted molar refractivity (Wildman–Crippen MR) is 133 cm³/mol. The molecule has 0 bridgehead atoms. The second kappa shape index (κ2) is 8.78. The molecule has 1 N–H and O–H groups in total. The largest absolute Gasteiger partial charge is 0.335 e. The second-order valence-corrected chi connectivity index (χ2v) is 9.81. The molecule has 31 heavy (non-hydrogen) atoms. The van der Waals surface area contributed by atoms with Crippen molar-refractivity contribution >= 4 is 59.9 Å². The van der Waals surface area contributed by atoms with E-state index >= 15 is 0 Å². The molecule has 2 aromatic carbocycles. The van der Waals surface area contributed by atoms with E-state index in [9.17, 15) is 4.79 Å². The molecule has 1 amide bonds. The third-order valence-corrected chi connectivity index (χ3v) is 7.23. The zero-order valence-corrected chi connectivity index (χ0v) is 19.6. The number of nitrogens with zero attached hydrogens (tertiary/aromatic N) is 2. The van der Waals surface area contributed by atoms with Crippen LogP contribution in [0, 0.1) is 0 Å². The highest BCUT2D eigenvalue weighted by molar-refractivity contribution is 9.10. The number of anilines is 1. The van der Waals surface area contributed by atoms with Gasteiger partial charge in [-0.2, -0.15) is 0 Å². The molecule has 3 aromatic heterocycles. The Labute approximate surface area is 196 Å². The number of carbonyl (C=O) groups is 1. The van der Waals surface area contributed by atoms with Crippen LogP contribution >= 0.6 is 38.6 Å². The van der Waals surface area contributed by atoms with Gasteiger partial charge in [0.1, 0.15) is 5.69 Å². The Morgan fingerprint density at radius 1 is 1.03 bits per heavy atom. The summed E-state index contributed by atoms with van der Waals surface area (Å²) in [5.41, 5.74) is 4.89. The minimum Gasteiger partial charge on any atom is -0.335 e. The zero-order valence-electron chi connectivity index (χ0n) is 16.4. The molecule has 0 aliphatic heterocycles. The number of nitrogens with one attached hydrogen (secondary N) is 1. The molecule has 0 unspecified atom stereocenters. The quantitative estimate of drug-likeness (QED) is 0.266. The molecule has 5 rings (SSSR count). The van der Waals surface area contributed by atoms with Crippen LogP contribution < -0.4 is 5.32 Å². The van der Waals surface area contributed by atoms with Gasteiger partial charge in [-0.3, -0.25) is 10.1 Å². The topological polar surface area (TPSA) is 46.9 Å². The number of rotatable bonds is 6. The van der Waals surface area contributed by atoms with Crippen LogP contribution in [0.4, 0.5) is 5.13 Å². The van der Waals surface area contributed by atoms with Crippen molar-refractivity contribution in [1.82, 2.24) is 9.55 Å². The molecular weight excluding hydrogens is 490 g/mol. The Hall–Kier alpha value is -2.74. The van der Waals surface area contributed by atoms with Crippen molar-refractivity contribution in [2.24, 2.45) is 0 Å². The second-order valence-electron chi connectivity index (χ2n) is 7.09. The maximum atomic E-state index is 13.1. The number of fused-ring (bicyclic) bond motifs is 1. The van der Waals surface area contributed by atoms with Gasteiger partial charge in [-0.15, -0.1) is 22.7 Å². The van der Waals surface area contributed by atoms with Crippen molar-refractivity contribution in [3.8, 4) is 11.3 Å². The van der Waals surface area contributed by atoms with Gasteiger partial charge in [0.2, 0.25) is 0 Å². The van der Waals surface area contributed by atoms with Crippen molar-refractivity contribution in [3.63, 3.8) is 0 Å². The molecule has 0 fully saturated rings. The van der Waals surface area contributed by atoms with Crippen LogP contribution in [0.5, 0.6) is 0 Å². The number of amides is 1. The van der Waals surface area contributed by atoms with Crippen molar-refractivity contribution in [1.29, 1.82) is 0 Å². The number of halogens is 1. The number of thiazole rings is 1. The minimum atomic E-state index is -0.131. The van der Waals surface area contributed by atoms with Crippen molar-refractivity contribution < 1.29 is 4.79 Å². The van der Waals surface area contributed by atoms with Crippen LogP contribution in [0.15, 0.2) is 82.0 Å². The van der Waals surface area contributed by atoms with E-state index in [4.69, 9.17) is 0 Å². The fraction of sp³-hybridized carbons (Fsp3) is 0.0833. The number of carbonyl (C=O) groups excluding carboxylic acids is 1. The summed E-state index contributed by atoms with van der Waals surface area (Å²) in [4.78, 5) is 17.7. The summed E-state index contributed by atoms with van der Waals surface area (Å²) in [6.45, 7) is 0.745. The normalized spacial score (nSPS) is 11.1. The highest BCUT2D eigenvalue weighted by Gasteiger charge is 2.18. The smallest absolute Gasteiger partial charge is 0.274 e. The Balaban J connectivity index is 1.37. The SMILES string of the molecule is O=C(Nc1nc(-c2ccc(Br)cc2)cs1)c1cc2sccc2n1CCc1ccccc1. The van der Waals surface area contributed by atoms with E-state index in [1.807, 2.05) is 53.9 Å². The standard InChI is InChI=1S/C24H18BrN3OS2/c25-18-8-6-17(7-9-18)19-15-31-24(26-19)27-23(29)21-14-22-20(11-13-30-22)28(21)12-10-16-4-2-1-3-5-16/h1-9,11,13-15H,10,12H2,(H,26,27,29).